The molecule has 0 amide bonds. The lowest BCUT2D eigenvalue weighted by atomic mass is 9.86. The van der Waals surface area contributed by atoms with Gasteiger partial charge in [0, 0.05) is 11.6 Å². The highest BCUT2D eigenvalue weighted by molar-refractivity contribution is 5.60. The van der Waals surface area contributed by atoms with E-state index < -0.39 is 5.41 Å². The minimum atomic E-state index is -0.472. The van der Waals surface area contributed by atoms with Crippen molar-refractivity contribution in [1.82, 2.24) is 4.98 Å². The predicted molar refractivity (Wildman–Crippen MR) is 74.9 cm³/mol. The molecule has 1 heterocycles. The van der Waals surface area contributed by atoms with E-state index in [2.05, 4.69) is 11.1 Å². The van der Waals surface area contributed by atoms with Crippen molar-refractivity contribution in [3.63, 3.8) is 0 Å². The lowest BCUT2D eigenvalue weighted by Gasteiger charge is -2.15. The van der Waals surface area contributed by atoms with Gasteiger partial charge >= 0.3 is 0 Å². The van der Waals surface area contributed by atoms with Crippen molar-refractivity contribution in [3.8, 4) is 23.2 Å². The molecule has 0 unspecified atom stereocenters. The zero-order valence-electron chi connectivity index (χ0n) is 11.3. The second-order valence-corrected chi connectivity index (χ2v) is 4.88. The van der Waals surface area contributed by atoms with Crippen molar-refractivity contribution < 1.29 is 4.74 Å². The van der Waals surface area contributed by atoms with Crippen molar-refractivity contribution in [2.75, 3.05) is 7.11 Å². The Bertz CT molecular complexity index is 609. The van der Waals surface area contributed by atoms with Gasteiger partial charge < -0.3 is 4.74 Å². The van der Waals surface area contributed by atoms with E-state index in [4.69, 9.17) is 10.00 Å². The van der Waals surface area contributed by atoms with Crippen LogP contribution in [0, 0.1) is 11.3 Å². The average molecular weight is 252 g/mol. The van der Waals surface area contributed by atoms with Gasteiger partial charge in [-0.1, -0.05) is 30.3 Å². The van der Waals surface area contributed by atoms with Crippen LogP contribution < -0.4 is 4.74 Å². The van der Waals surface area contributed by atoms with Crippen LogP contribution in [0.5, 0.6) is 5.88 Å². The zero-order valence-corrected chi connectivity index (χ0v) is 11.3. The average Bonchev–Trinajstić information content (AvgIpc) is 2.47. The standard InChI is InChI=1S/C16H16N2O/c1-16(2,11-17)13-9-7-12(8-10-13)14-5-4-6-15(18-14)19-3/h4-10H,1-3H3. The summed E-state index contributed by atoms with van der Waals surface area (Å²) < 4.78 is 5.12. The third kappa shape index (κ3) is 2.74. The number of nitriles is 1. The number of hydrogen-bond acceptors (Lipinski definition) is 3. The number of methoxy groups -OCH3 is 1. The molecule has 0 spiro atoms. The van der Waals surface area contributed by atoms with Gasteiger partial charge in [0.25, 0.3) is 0 Å². The largest absolute Gasteiger partial charge is 0.481 e. The molecule has 0 bridgehead atoms. The molecule has 2 rings (SSSR count). The lowest BCUT2D eigenvalue weighted by molar-refractivity contribution is 0.398. The van der Waals surface area contributed by atoms with Crippen LogP contribution in [-0.2, 0) is 5.41 Å². The Labute approximate surface area is 113 Å². The normalized spacial score (nSPS) is 10.8. The van der Waals surface area contributed by atoms with Crippen molar-refractivity contribution in [1.29, 1.82) is 5.26 Å². The maximum absolute atomic E-state index is 9.12. The van der Waals surface area contributed by atoms with Crippen LogP contribution in [0.2, 0.25) is 0 Å². The molecule has 0 fully saturated rings. The summed E-state index contributed by atoms with van der Waals surface area (Å²) >= 11 is 0. The molecule has 96 valence electrons. The molecule has 0 N–H and O–H groups in total. The molecule has 3 heteroatoms. The van der Waals surface area contributed by atoms with Gasteiger partial charge in [0.05, 0.1) is 24.3 Å². The molecule has 0 aliphatic heterocycles. The minimum absolute atomic E-state index is 0.472. The van der Waals surface area contributed by atoms with Crippen LogP contribution in [0.1, 0.15) is 19.4 Å². The Morgan fingerprint density at radius 2 is 1.79 bits per heavy atom. The fourth-order valence-corrected chi connectivity index (χ4v) is 1.81. The molecule has 3 nitrogen and oxygen atoms in total. The summed E-state index contributed by atoms with van der Waals surface area (Å²) in [6.45, 7) is 3.82. The number of ether oxygens (including phenoxy) is 1. The van der Waals surface area contributed by atoms with Crippen LogP contribution in [0.25, 0.3) is 11.3 Å². The highest BCUT2D eigenvalue weighted by Gasteiger charge is 2.19. The maximum atomic E-state index is 9.12. The molecule has 0 saturated carbocycles. The third-order valence-electron chi connectivity index (χ3n) is 3.11. The molecular formula is C16H16N2O. The Morgan fingerprint density at radius 1 is 1.11 bits per heavy atom. The first-order valence-electron chi connectivity index (χ1n) is 6.10. The first-order chi connectivity index (χ1) is 9.06. The smallest absolute Gasteiger partial charge is 0.213 e. The quantitative estimate of drug-likeness (QED) is 0.839. The first kappa shape index (κ1) is 13.1. The third-order valence-corrected chi connectivity index (χ3v) is 3.11. The van der Waals surface area contributed by atoms with Crippen molar-refractivity contribution >= 4 is 0 Å². The summed E-state index contributed by atoms with van der Waals surface area (Å²) in [6, 6.07) is 15.9. The second kappa shape index (κ2) is 5.11. The molecule has 0 aliphatic rings. The van der Waals surface area contributed by atoms with E-state index in [9.17, 15) is 0 Å². The van der Waals surface area contributed by atoms with Crippen LogP contribution >= 0.6 is 0 Å². The van der Waals surface area contributed by atoms with Gasteiger partial charge in [0.15, 0.2) is 0 Å². The molecule has 2 aromatic rings. The molecule has 19 heavy (non-hydrogen) atoms. The van der Waals surface area contributed by atoms with E-state index in [1.54, 1.807) is 7.11 Å². The SMILES string of the molecule is COc1cccc(-c2ccc(C(C)(C)C#N)cc2)n1. The second-order valence-electron chi connectivity index (χ2n) is 4.88. The van der Waals surface area contributed by atoms with Crippen LogP contribution in [-0.4, -0.2) is 12.1 Å². The fraction of sp³-hybridized carbons (Fsp3) is 0.250. The molecule has 1 aromatic carbocycles. The summed E-state index contributed by atoms with van der Waals surface area (Å²) in [7, 11) is 1.60. The number of aromatic nitrogens is 1. The van der Waals surface area contributed by atoms with Crippen molar-refractivity contribution in [2.24, 2.45) is 0 Å². The first-order valence-corrected chi connectivity index (χ1v) is 6.10. The maximum Gasteiger partial charge on any atom is 0.213 e. The van der Waals surface area contributed by atoms with Gasteiger partial charge in [-0.25, -0.2) is 4.98 Å². The molecule has 0 atom stereocenters. The van der Waals surface area contributed by atoms with Crippen molar-refractivity contribution in [2.45, 2.75) is 19.3 Å². The van der Waals surface area contributed by atoms with E-state index in [1.807, 2.05) is 56.3 Å². The Balaban J connectivity index is 2.35. The topological polar surface area (TPSA) is 45.9 Å². The van der Waals surface area contributed by atoms with E-state index in [0.717, 1.165) is 16.8 Å². The van der Waals surface area contributed by atoms with E-state index in [0.29, 0.717) is 5.88 Å². The minimum Gasteiger partial charge on any atom is -0.481 e. The summed E-state index contributed by atoms with van der Waals surface area (Å²) in [4.78, 5) is 4.39. The van der Waals surface area contributed by atoms with Crippen molar-refractivity contribution in [3.05, 3.63) is 48.0 Å². The fourth-order valence-electron chi connectivity index (χ4n) is 1.81. The molecule has 1 aromatic heterocycles. The van der Waals surface area contributed by atoms with Crippen LogP contribution in [0.15, 0.2) is 42.5 Å². The summed E-state index contributed by atoms with van der Waals surface area (Å²) in [5.74, 6) is 0.596. The molecule has 0 aliphatic carbocycles. The highest BCUT2D eigenvalue weighted by atomic mass is 16.5. The van der Waals surface area contributed by atoms with Gasteiger partial charge in [0.1, 0.15) is 0 Å². The van der Waals surface area contributed by atoms with E-state index in [1.165, 1.54) is 0 Å². The number of pyridine rings is 1. The van der Waals surface area contributed by atoms with E-state index in [-0.39, 0.29) is 0 Å². The number of rotatable bonds is 3. The van der Waals surface area contributed by atoms with Crippen LogP contribution in [0.3, 0.4) is 0 Å². The Hall–Kier alpha value is -2.34. The van der Waals surface area contributed by atoms with Gasteiger partial charge in [-0.2, -0.15) is 5.26 Å². The summed E-state index contributed by atoms with van der Waals surface area (Å²) in [5.41, 5.74) is 2.40. The van der Waals surface area contributed by atoms with E-state index >= 15 is 0 Å². The lowest BCUT2D eigenvalue weighted by Crippen LogP contribution is -2.13. The molecular weight excluding hydrogens is 236 g/mol. The zero-order chi connectivity index (χ0) is 13.9. The number of nitrogens with zero attached hydrogens (tertiary/aromatic N) is 2. The Morgan fingerprint density at radius 3 is 2.37 bits per heavy atom. The van der Waals surface area contributed by atoms with Crippen LogP contribution in [0.4, 0.5) is 0 Å². The van der Waals surface area contributed by atoms with Gasteiger partial charge in [-0.3, -0.25) is 0 Å². The number of hydrogen-bond donors (Lipinski definition) is 0. The molecule has 0 radical (unpaired) electrons. The van der Waals surface area contributed by atoms with Gasteiger partial charge in [-0.15, -0.1) is 0 Å². The monoisotopic (exact) mass is 252 g/mol. The van der Waals surface area contributed by atoms with Gasteiger partial charge in [-0.05, 0) is 25.5 Å². The highest BCUT2D eigenvalue weighted by Crippen LogP contribution is 2.26. The summed E-state index contributed by atoms with van der Waals surface area (Å²) in [6.07, 6.45) is 0. The molecule has 0 saturated heterocycles. The predicted octanol–water partition coefficient (Wildman–Crippen LogP) is 3.56. The van der Waals surface area contributed by atoms with Gasteiger partial charge in [0.2, 0.25) is 5.88 Å². The Kier molecular flexibility index (Phi) is 3.52. The number of benzene rings is 1. The summed E-state index contributed by atoms with van der Waals surface area (Å²) in [5, 5.41) is 9.12.